The second-order valence-corrected chi connectivity index (χ2v) is 5.36. The molecule has 16 heavy (non-hydrogen) atoms. The predicted octanol–water partition coefficient (Wildman–Crippen LogP) is 4.62. The van der Waals surface area contributed by atoms with Crippen LogP contribution < -0.4 is 5.32 Å². The molecule has 0 aliphatic carbocycles. The zero-order chi connectivity index (χ0) is 12.4. The van der Waals surface area contributed by atoms with Gasteiger partial charge in [0.25, 0.3) is 0 Å². The number of nitrogens with one attached hydrogen (secondary N) is 1. The smallest absolute Gasteiger partial charge is 0.00948 e. The molecule has 0 radical (unpaired) electrons. The molecule has 0 bridgehead atoms. The number of hydrogen-bond donors (Lipinski definition) is 1. The lowest BCUT2D eigenvalue weighted by Crippen LogP contribution is -2.35. The molecule has 2 atom stereocenters. The van der Waals surface area contributed by atoms with Gasteiger partial charge >= 0.3 is 0 Å². The largest absolute Gasteiger partial charge is 0.317 e. The van der Waals surface area contributed by atoms with Crippen LogP contribution >= 0.6 is 0 Å². The molecule has 0 rings (SSSR count). The van der Waals surface area contributed by atoms with Crippen molar-refractivity contribution in [2.45, 2.75) is 78.7 Å². The van der Waals surface area contributed by atoms with Gasteiger partial charge < -0.3 is 5.32 Å². The predicted molar refractivity (Wildman–Crippen MR) is 74.8 cm³/mol. The molecular formula is C15H33N. The maximum atomic E-state index is 3.56. The molecule has 0 aromatic heterocycles. The van der Waals surface area contributed by atoms with Crippen LogP contribution in [0.15, 0.2) is 0 Å². The van der Waals surface area contributed by atoms with E-state index < -0.39 is 0 Å². The molecular weight excluding hydrogens is 194 g/mol. The van der Waals surface area contributed by atoms with Crippen LogP contribution in [0.25, 0.3) is 0 Å². The summed E-state index contributed by atoms with van der Waals surface area (Å²) in [5.74, 6) is 1.76. The standard InChI is InChI=1S/C15H33N/c1-6-9-13(4)12-15(16-5)14(10-7-2)11-8-3/h13-16H,6-12H2,1-5H3. The first-order valence-corrected chi connectivity index (χ1v) is 7.36. The van der Waals surface area contributed by atoms with Crippen molar-refractivity contribution in [3.8, 4) is 0 Å². The van der Waals surface area contributed by atoms with Gasteiger partial charge in [-0.1, -0.05) is 53.4 Å². The molecule has 0 aromatic carbocycles. The Kier molecular flexibility index (Phi) is 10.1. The highest BCUT2D eigenvalue weighted by atomic mass is 14.9. The van der Waals surface area contributed by atoms with Gasteiger partial charge in [-0.15, -0.1) is 0 Å². The lowest BCUT2D eigenvalue weighted by atomic mass is 9.84. The van der Waals surface area contributed by atoms with Gasteiger partial charge in [0, 0.05) is 6.04 Å². The van der Waals surface area contributed by atoms with Gasteiger partial charge in [-0.3, -0.25) is 0 Å². The molecule has 98 valence electrons. The van der Waals surface area contributed by atoms with Crippen molar-refractivity contribution in [2.24, 2.45) is 11.8 Å². The van der Waals surface area contributed by atoms with Crippen LogP contribution in [0.5, 0.6) is 0 Å². The van der Waals surface area contributed by atoms with Gasteiger partial charge in [0.05, 0.1) is 0 Å². The summed E-state index contributed by atoms with van der Waals surface area (Å²) in [6.45, 7) is 9.32. The van der Waals surface area contributed by atoms with E-state index in [0.29, 0.717) is 0 Å². The molecule has 1 nitrogen and oxygen atoms in total. The lowest BCUT2D eigenvalue weighted by Gasteiger charge is -2.29. The first kappa shape index (κ1) is 16.0. The normalized spacial score (nSPS) is 15.4. The third kappa shape index (κ3) is 6.52. The van der Waals surface area contributed by atoms with Crippen LogP contribution in [0.2, 0.25) is 0 Å². The summed E-state index contributed by atoms with van der Waals surface area (Å²) in [4.78, 5) is 0. The highest BCUT2D eigenvalue weighted by molar-refractivity contribution is 4.76. The third-order valence-electron chi connectivity index (χ3n) is 3.70. The van der Waals surface area contributed by atoms with E-state index in [9.17, 15) is 0 Å². The van der Waals surface area contributed by atoms with Crippen LogP contribution in [0, 0.1) is 11.8 Å². The average Bonchev–Trinajstić information content (AvgIpc) is 2.26. The Morgan fingerprint density at radius 3 is 1.75 bits per heavy atom. The molecule has 0 aliphatic rings. The van der Waals surface area contributed by atoms with E-state index in [0.717, 1.165) is 17.9 Å². The van der Waals surface area contributed by atoms with Gasteiger partial charge in [0.2, 0.25) is 0 Å². The van der Waals surface area contributed by atoms with E-state index in [4.69, 9.17) is 0 Å². The third-order valence-corrected chi connectivity index (χ3v) is 3.70. The van der Waals surface area contributed by atoms with Crippen molar-refractivity contribution in [1.29, 1.82) is 0 Å². The molecule has 0 aliphatic heterocycles. The summed E-state index contributed by atoms with van der Waals surface area (Å²) in [6.07, 6.45) is 9.48. The van der Waals surface area contributed by atoms with Crippen molar-refractivity contribution < 1.29 is 0 Å². The monoisotopic (exact) mass is 227 g/mol. The molecule has 0 saturated heterocycles. The van der Waals surface area contributed by atoms with Gasteiger partial charge in [-0.25, -0.2) is 0 Å². The van der Waals surface area contributed by atoms with Crippen molar-refractivity contribution >= 4 is 0 Å². The fourth-order valence-corrected chi connectivity index (χ4v) is 2.88. The highest BCUT2D eigenvalue weighted by Crippen LogP contribution is 2.24. The van der Waals surface area contributed by atoms with Gasteiger partial charge in [0.15, 0.2) is 0 Å². The van der Waals surface area contributed by atoms with Crippen LogP contribution in [0.4, 0.5) is 0 Å². The number of rotatable bonds is 10. The molecule has 0 fully saturated rings. The Bertz CT molecular complexity index is 138. The summed E-state index contributed by atoms with van der Waals surface area (Å²) >= 11 is 0. The minimum absolute atomic E-state index is 0.737. The van der Waals surface area contributed by atoms with Gasteiger partial charge in [-0.2, -0.15) is 0 Å². The van der Waals surface area contributed by atoms with E-state index in [1.807, 2.05) is 0 Å². The molecule has 2 unspecified atom stereocenters. The zero-order valence-corrected chi connectivity index (χ0v) is 12.2. The Hall–Kier alpha value is -0.0400. The summed E-state index contributed by atoms with van der Waals surface area (Å²) < 4.78 is 0. The van der Waals surface area contributed by atoms with Crippen LogP contribution in [-0.4, -0.2) is 13.1 Å². The second kappa shape index (κ2) is 10.1. The minimum Gasteiger partial charge on any atom is -0.317 e. The Morgan fingerprint density at radius 2 is 1.38 bits per heavy atom. The average molecular weight is 227 g/mol. The molecule has 0 spiro atoms. The van der Waals surface area contributed by atoms with Gasteiger partial charge in [-0.05, 0) is 38.1 Å². The molecule has 1 heteroatoms. The van der Waals surface area contributed by atoms with Crippen LogP contribution in [-0.2, 0) is 0 Å². The zero-order valence-electron chi connectivity index (χ0n) is 12.2. The van der Waals surface area contributed by atoms with E-state index in [-0.39, 0.29) is 0 Å². The lowest BCUT2D eigenvalue weighted by molar-refractivity contribution is 0.274. The minimum atomic E-state index is 0.737. The second-order valence-electron chi connectivity index (χ2n) is 5.36. The maximum absolute atomic E-state index is 3.56. The molecule has 0 amide bonds. The SMILES string of the molecule is CCCC(C)CC(NC)C(CCC)CCC. The fraction of sp³-hybridized carbons (Fsp3) is 1.00. The Labute approximate surface area is 103 Å². The number of hydrogen-bond acceptors (Lipinski definition) is 1. The Morgan fingerprint density at radius 1 is 0.875 bits per heavy atom. The van der Waals surface area contributed by atoms with E-state index in [2.05, 4.69) is 40.1 Å². The summed E-state index contributed by atoms with van der Waals surface area (Å²) in [6, 6.07) is 0.737. The molecule has 0 saturated carbocycles. The quantitative estimate of drug-likeness (QED) is 0.574. The maximum Gasteiger partial charge on any atom is 0.00948 e. The Balaban J connectivity index is 4.17. The van der Waals surface area contributed by atoms with Crippen molar-refractivity contribution in [3.05, 3.63) is 0 Å². The topological polar surface area (TPSA) is 12.0 Å². The molecule has 0 heterocycles. The van der Waals surface area contributed by atoms with E-state index in [1.165, 1.54) is 44.9 Å². The van der Waals surface area contributed by atoms with Gasteiger partial charge in [0.1, 0.15) is 0 Å². The molecule has 0 aromatic rings. The summed E-state index contributed by atoms with van der Waals surface area (Å²) in [5.41, 5.74) is 0. The summed E-state index contributed by atoms with van der Waals surface area (Å²) in [5, 5.41) is 3.56. The fourth-order valence-electron chi connectivity index (χ4n) is 2.88. The highest BCUT2D eigenvalue weighted by Gasteiger charge is 2.20. The van der Waals surface area contributed by atoms with Crippen LogP contribution in [0.1, 0.15) is 72.6 Å². The van der Waals surface area contributed by atoms with Crippen molar-refractivity contribution in [1.82, 2.24) is 5.32 Å². The summed E-state index contributed by atoms with van der Waals surface area (Å²) in [7, 11) is 2.14. The van der Waals surface area contributed by atoms with Crippen LogP contribution in [0.3, 0.4) is 0 Å². The van der Waals surface area contributed by atoms with Crippen molar-refractivity contribution in [3.63, 3.8) is 0 Å². The van der Waals surface area contributed by atoms with E-state index >= 15 is 0 Å². The first-order chi connectivity index (χ1) is 7.69. The van der Waals surface area contributed by atoms with Crippen molar-refractivity contribution in [2.75, 3.05) is 7.05 Å². The first-order valence-electron chi connectivity index (χ1n) is 7.36. The van der Waals surface area contributed by atoms with E-state index in [1.54, 1.807) is 0 Å². The molecule has 1 N–H and O–H groups in total.